The largest absolute Gasteiger partial charge is 0.406 e. The van der Waals surface area contributed by atoms with Gasteiger partial charge < -0.3 is 9.73 Å². The van der Waals surface area contributed by atoms with E-state index >= 15 is 0 Å². The third-order valence-corrected chi connectivity index (χ3v) is 6.09. The average molecular weight is 500 g/mol. The van der Waals surface area contributed by atoms with Crippen molar-refractivity contribution in [3.8, 4) is 0 Å². The van der Waals surface area contributed by atoms with Crippen LogP contribution in [0, 0.1) is 11.6 Å². The molecule has 2 aromatic heterocycles. The number of carbonyl (C=O) groups is 1. The first-order chi connectivity index (χ1) is 17.3. The van der Waals surface area contributed by atoms with Crippen molar-refractivity contribution >= 4 is 16.8 Å². The Balaban J connectivity index is 1.47. The Morgan fingerprint density at radius 1 is 1.11 bits per heavy atom. The van der Waals surface area contributed by atoms with Gasteiger partial charge in [-0.15, -0.1) is 0 Å². The molecule has 186 valence electrons. The van der Waals surface area contributed by atoms with E-state index in [1.807, 2.05) is 0 Å². The van der Waals surface area contributed by atoms with E-state index in [2.05, 4.69) is 15.4 Å². The summed E-state index contributed by atoms with van der Waals surface area (Å²) in [7, 11) is 0. The Hall–Kier alpha value is -4.02. The van der Waals surface area contributed by atoms with Gasteiger partial charge in [0.05, 0.1) is 10.9 Å². The summed E-state index contributed by atoms with van der Waals surface area (Å²) < 4.78 is 61.0. The minimum atomic E-state index is -2.76. The fourth-order valence-corrected chi connectivity index (χ4v) is 4.57. The Morgan fingerprint density at radius 3 is 2.61 bits per heavy atom. The van der Waals surface area contributed by atoms with Crippen LogP contribution in [0.2, 0.25) is 0 Å². The predicted octanol–water partition coefficient (Wildman–Crippen LogP) is 4.19. The fourth-order valence-electron chi connectivity index (χ4n) is 4.57. The molecule has 0 saturated carbocycles. The van der Waals surface area contributed by atoms with Gasteiger partial charge in [0.1, 0.15) is 29.9 Å². The van der Waals surface area contributed by atoms with Crippen molar-refractivity contribution in [3.63, 3.8) is 0 Å². The highest BCUT2D eigenvalue weighted by molar-refractivity contribution is 5.77. The molecule has 11 heteroatoms. The lowest BCUT2D eigenvalue weighted by atomic mass is 10.0. The van der Waals surface area contributed by atoms with Gasteiger partial charge in [-0.05, 0) is 49.1 Å². The number of benzene rings is 2. The second-order valence-electron chi connectivity index (χ2n) is 8.58. The van der Waals surface area contributed by atoms with Crippen LogP contribution in [0.3, 0.4) is 0 Å². The first-order valence-electron chi connectivity index (χ1n) is 11.3. The Bertz CT molecular complexity index is 1490. The lowest BCUT2D eigenvalue weighted by Gasteiger charge is -2.18. The van der Waals surface area contributed by atoms with E-state index in [4.69, 9.17) is 4.42 Å². The van der Waals surface area contributed by atoms with Gasteiger partial charge in [0.2, 0.25) is 11.8 Å². The van der Waals surface area contributed by atoms with E-state index in [0.717, 1.165) is 12.1 Å². The third-order valence-electron chi connectivity index (χ3n) is 6.09. The van der Waals surface area contributed by atoms with Crippen molar-refractivity contribution in [1.82, 2.24) is 20.1 Å². The SMILES string of the molecule is O=C(Cn1nc(C(F)F)c2c1CCC2)N[C@@H](Cc1cc(F)cc(F)c1)c1nc2ccccc2c(=O)o1. The number of rotatable bonds is 7. The summed E-state index contributed by atoms with van der Waals surface area (Å²) in [6.45, 7) is -0.360. The third kappa shape index (κ3) is 4.73. The molecule has 7 nitrogen and oxygen atoms in total. The van der Waals surface area contributed by atoms with Crippen LogP contribution in [-0.4, -0.2) is 20.7 Å². The van der Waals surface area contributed by atoms with Gasteiger partial charge in [-0.25, -0.2) is 27.3 Å². The molecule has 5 rings (SSSR count). The maximum atomic E-state index is 13.8. The summed E-state index contributed by atoms with van der Waals surface area (Å²) in [5, 5.41) is 6.83. The molecular formula is C25H20F4N4O3. The van der Waals surface area contributed by atoms with Gasteiger partial charge in [0, 0.05) is 23.7 Å². The van der Waals surface area contributed by atoms with E-state index in [1.165, 1.54) is 10.7 Å². The number of nitrogens with zero attached hydrogens (tertiary/aromatic N) is 3. The zero-order valence-electron chi connectivity index (χ0n) is 18.8. The van der Waals surface area contributed by atoms with Crippen LogP contribution >= 0.6 is 0 Å². The lowest BCUT2D eigenvalue weighted by molar-refractivity contribution is -0.122. The van der Waals surface area contributed by atoms with Gasteiger partial charge in [0.25, 0.3) is 6.43 Å². The highest BCUT2D eigenvalue weighted by Gasteiger charge is 2.29. The maximum Gasteiger partial charge on any atom is 0.346 e. The monoisotopic (exact) mass is 500 g/mol. The van der Waals surface area contributed by atoms with E-state index in [9.17, 15) is 27.2 Å². The zero-order chi connectivity index (χ0) is 25.4. The number of hydrogen-bond acceptors (Lipinski definition) is 5. The molecule has 0 radical (unpaired) electrons. The number of para-hydroxylation sites is 1. The quantitative estimate of drug-likeness (QED) is 0.385. The molecule has 36 heavy (non-hydrogen) atoms. The van der Waals surface area contributed by atoms with Crippen molar-refractivity contribution in [1.29, 1.82) is 0 Å². The molecule has 1 aliphatic carbocycles. The second kappa shape index (κ2) is 9.56. The smallest absolute Gasteiger partial charge is 0.346 e. The van der Waals surface area contributed by atoms with Gasteiger partial charge in [-0.1, -0.05) is 12.1 Å². The number of hydrogen-bond donors (Lipinski definition) is 1. The molecule has 0 spiro atoms. The Morgan fingerprint density at radius 2 is 1.86 bits per heavy atom. The van der Waals surface area contributed by atoms with E-state index < -0.39 is 35.6 Å². The molecule has 2 aromatic carbocycles. The molecule has 1 atom stereocenters. The Kier molecular flexibility index (Phi) is 6.29. The van der Waals surface area contributed by atoms with Gasteiger partial charge in [-0.3, -0.25) is 9.48 Å². The van der Waals surface area contributed by atoms with Crippen molar-refractivity contribution < 1.29 is 26.8 Å². The molecule has 0 bridgehead atoms. The number of halogens is 4. The highest BCUT2D eigenvalue weighted by atomic mass is 19.3. The summed E-state index contributed by atoms with van der Waals surface area (Å²) in [5.41, 5.74) is 0.539. The lowest BCUT2D eigenvalue weighted by Crippen LogP contribution is -2.34. The zero-order valence-corrected chi connectivity index (χ0v) is 18.8. The number of alkyl halides is 2. The van der Waals surface area contributed by atoms with Gasteiger partial charge >= 0.3 is 5.63 Å². The van der Waals surface area contributed by atoms with Crippen LogP contribution in [0.25, 0.3) is 10.9 Å². The molecule has 4 aromatic rings. The fraction of sp³-hybridized carbons (Fsp3) is 0.280. The molecule has 1 N–H and O–H groups in total. The number of nitrogens with one attached hydrogen (secondary N) is 1. The summed E-state index contributed by atoms with van der Waals surface area (Å²) in [4.78, 5) is 29.8. The minimum absolute atomic E-state index is 0.145. The van der Waals surface area contributed by atoms with Crippen molar-refractivity contribution in [2.45, 2.75) is 44.7 Å². The summed E-state index contributed by atoms with van der Waals surface area (Å²) in [6, 6.07) is 8.27. The minimum Gasteiger partial charge on any atom is -0.406 e. The van der Waals surface area contributed by atoms with Crippen LogP contribution in [0.5, 0.6) is 0 Å². The average Bonchev–Trinajstić information content (AvgIpc) is 3.42. The van der Waals surface area contributed by atoms with Crippen LogP contribution in [0.1, 0.15) is 47.3 Å². The molecule has 1 amide bonds. The standard InChI is InChI=1S/C25H20F4N4O3/c26-14-8-13(9-15(27)11-14)10-19(24-31-18-6-2-1-4-16(18)25(35)36-24)30-21(34)12-33-20-7-3-5-17(20)22(32-33)23(28)29/h1-2,4,6,8-9,11,19,23H,3,5,7,10,12H2,(H,30,34)/t19-/m0/s1. The topological polar surface area (TPSA) is 90.0 Å². The molecule has 0 aliphatic heterocycles. The van der Waals surface area contributed by atoms with Crippen LogP contribution in [0.15, 0.2) is 51.7 Å². The highest BCUT2D eigenvalue weighted by Crippen LogP contribution is 2.31. The second-order valence-corrected chi connectivity index (χ2v) is 8.58. The van der Waals surface area contributed by atoms with Crippen molar-refractivity contribution in [3.05, 3.63) is 92.9 Å². The maximum absolute atomic E-state index is 13.8. The van der Waals surface area contributed by atoms with Gasteiger partial charge in [0.15, 0.2) is 0 Å². The molecular weight excluding hydrogens is 480 g/mol. The van der Waals surface area contributed by atoms with Crippen LogP contribution in [0.4, 0.5) is 17.6 Å². The van der Waals surface area contributed by atoms with E-state index in [0.29, 0.717) is 42.1 Å². The summed E-state index contributed by atoms with van der Waals surface area (Å²) in [5.74, 6) is -2.40. The number of aromatic nitrogens is 3. The van der Waals surface area contributed by atoms with Crippen molar-refractivity contribution in [2.24, 2.45) is 0 Å². The first kappa shape index (κ1) is 23.7. The summed E-state index contributed by atoms with van der Waals surface area (Å²) >= 11 is 0. The normalized spacial score (nSPS) is 13.8. The first-order valence-corrected chi connectivity index (χ1v) is 11.3. The van der Waals surface area contributed by atoms with Crippen LogP contribution in [-0.2, 0) is 30.6 Å². The number of fused-ring (bicyclic) bond motifs is 2. The van der Waals surface area contributed by atoms with E-state index in [1.54, 1.807) is 18.2 Å². The number of carbonyl (C=O) groups excluding carboxylic acids is 1. The molecule has 1 aliphatic rings. The Labute approximate surface area is 201 Å². The van der Waals surface area contributed by atoms with Crippen LogP contribution < -0.4 is 10.9 Å². The summed E-state index contributed by atoms with van der Waals surface area (Å²) in [6.07, 6.45) is -1.22. The molecule has 0 unspecified atom stereocenters. The van der Waals surface area contributed by atoms with Gasteiger partial charge in [-0.2, -0.15) is 5.10 Å². The predicted molar refractivity (Wildman–Crippen MR) is 120 cm³/mol. The van der Waals surface area contributed by atoms with E-state index in [-0.39, 0.29) is 35.5 Å². The molecule has 0 fully saturated rings. The number of amides is 1. The van der Waals surface area contributed by atoms with Crippen molar-refractivity contribution in [2.75, 3.05) is 0 Å². The molecule has 2 heterocycles. The molecule has 0 saturated heterocycles.